The van der Waals surface area contributed by atoms with E-state index in [4.69, 9.17) is 0 Å². The molecule has 2 aliphatic rings. The van der Waals surface area contributed by atoms with E-state index in [0.717, 1.165) is 42.6 Å². The zero-order valence-corrected chi connectivity index (χ0v) is 18.1. The van der Waals surface area contributed by atoms with Crippen molar-refractivity contribution in [2.24, 2.45) is 0 Å². The molecule has 0 radical (unpaired) electrons. The average Bonchev–Trinajstić information content (AvgIpc) is 3.23. The number of carbonyl (C=O) groups is 2. The Bertz CT molecular complexity index is 1200. The van der Waals surface area contributed by atoms with E-state index in [1.165, 1.54) is 30.3 Å². The molecule has 2 aromatic carbocycles. The molecule has 0 saturated carbocycles. The molecule has 6 nitrogen and oxygen atoms in total. The second-order valence-electron chi connectivity index (χ2n) is 8.46. The molecule has 2 heterocycles. The summed E-state index contributed by atoms with van der Waals surface area (Å²) in [6.07, 6.45) is 3.63. The van der Waals surface area contributed by atoms with Crippen molar-refractivity contribution in [3.05, 3.63) is 82.7 Å². The summed E-state index contributed by atoms with van der Waals surface area (Å²) < 4.78 is 28.6. The topological polar surface area (TPSA) is 58.4 Å². The summed E-state index contributed by atoms with van der Waals surface area (Å²) >= 11 is 0. The number of amides is 2. The van der Waals surface area contributed by atoms with Crippen LogP contribution in [-0.2, 0) is 12.8 Å². The van der Waals surface area contributed by atoms with E-state index in [9.17, 15) is 18.4 Å². The highest BCUT2D eigenvalue weighted by atomic mass is 19.1. The fraction of sp³-hybridized carbons (Fsp3) is 0.320. The molecule has 2 amide bonds. The van der Waals surface area contributed by atoms with Crippen LogP contribution in [-0.4, -0.2) is 57.6 Å². The van der Waals surface area contributed by atoms with Crippen LogP contribution in [0.5, 0.6) is 0 Å². The minimum atomic E-state index is -0.448. The number of rotatable bonds is 3. The molecule has 33 heavy (non-hydrogen) atoms. The van der Waals surface area contributed by atoms with Gasteiger partial charge in [-0.1, -0.05) is 6.07 Å². The van der Waals surface area contributed by atoms with Gasteiger partial charge in [0.1, 0.15) is 11.6 Å². The van der Waals surface area contributed by atoms with Crippen LogP contribution < -0.4 is 0 Å². The zero-order valence-electron chi connectivity index (χ0n) is 18.1. The maximum atomic E-state index is 13.5. The predicted octanol–water partition coefficient (Wildman–Crippen LogP) is 3.63. The molecule has 1 saturated heterocycles. The van der Waals surface area contributed by atoms with Gasteiger partial charge < -0.3 is 9.80 Å². The van der Waals surface area contributed by atoms with Crippen LogP contribution in [0.4, 0.5) is 8.78 Å². The first-order chi connectivity index (χ1) is 16.0. The monoisotopic (exact) mass is 450 g/mol. The first-order valence-corrected chi connectivity index (χ1v) is 11.2. The highest BCUT2D eigenvalue weighted by Gasteiger charge is 2.31. The maximum Gasteiger partial charge on any atom is 0.274 e. The third kappa shape index (κ3) is 4.13. The van der Waals surface area contributed by atoms with Crippen molar-refractivity contribution in [2.75, 3.05) is 26.2 Å². The van der Waals surface area contributed by atoms with Gasteiger partial charge >= 0.3 is 0 Å². The van der Waals surface area contributed by atoms with Gasteiger partial charge in [-0.05, 0) is 68.1 Å². The minimum Gasteiger partial charge on any atom is -0.335 e. The molecule has 1 aromatic heterocycles. The normalized spacial score (nSPS) is 15.9. The molecule has 170 valence electrons. The van der Waals surface area contributed by atoms with Crippen LogP contribution in [0.1, 0.15) is 44.9 Å². The smallest absolute Gasteiger partial charge is 0.274 e. The van der Waals surface area contributed by atoms with Crippen molar-refractivity contribution in [3.8, 4) is 5.69 Å². The third-order valence-electron chi connectivity index (χ3n) is 6.38. The van der Waals surface area contributed by atoms with Crippen molar-refractivity contribution in [1.29, 1.82) is 0 Å². The molecule has 3 aromatic rings. The summed E-state index contributed by atoms with van der Waals surface area (Å²) in [5, 5.41) is 4.66. The van der Waals surface area contributed by atoms with Gasteiger partial charge in [-0.25, -0.2) is 13.5 Å². The molecular formula is C25H24F2N4O2. The lowest BCUT2D eigenvalue weighted by molar-refractivity contribution is 0.0531. The van der Waals surface area contributed by atoms with Crippen molar-refractivity contribution in [3.63, 3.8) is 0 Å². The lowest BCUT2D eigenvalue weighted by Crippen LogP contribution is -2.50. The van der Waals surface area contributed by atoms with Crippen LogP contribution >= 0.6 is 0 Å². The van der Waals surface area contributed by atoms with Gasteiger partial charge in [0.15, 0.2) is 5.69 Å². The number of carbonyl (C=O) groups excluding carboxylic acids is 2. The molecular weight excluding hydrogens is 426 g/mol. The van der Waals surface area contributed by atoms with Crippen molar-refractivity contribution in [2.45, 2.75) is 25.7 Å². The van der Waals surface area contributed by atoms with Crippen molar-refractivity contribution >= 4 is 11.8 Å². The lowest BCUT2D eigenvalue weighted by atomic mass is 9.95. The number of hydrogen-bond donors (Lipinski definition) is 0. The maximum absolute atomic E-state index is 13.5. The Kier molecular flexibility index (Phi) is 5.66. The van der Waals surface area contributed by atoms with Gasteiger partial charge in [-0.15, -0.1) is 0 Å². The average molecular weight is 450 g/mol. The highest BCUT2D eigenvalue weighted by molar-refractivity contribution is 5.96. The number of nitrogens with zero attached hydrogens (tertiary/aromatic N) is 4. The first-order valence-electron chi connectivity index (χ1n) is 11.2. The van der Waals surface area contributed by atoms with E-state index in [1.54, 1.807) is 32.7 Å². The predicted molar refractivity (Wildman–Crippen MR) is 118 cm³/mol. The Morgan fingerprint density at radius 3 is 2.15 bits per heavy atom. The summed E-state index contributed by atoms with van der Waals surface area (Å²) in [5.74, 6) is -1.15. The molecule has 1 aliphatic carbocycles. The molecule has 0 N–H and O–H groups in total. The largest absolute Gasteiger partial charge is 0.335 e. The SMILES string of the molecule is O=C(c1cccc(F)c1)N1CCN(C(=O)c2nn(-c3ccc(F)cc3)c3c2CCCC3)CC1. The Balaban J connectivity index is 1.34. The minimum absolute atomic E-state index is 0.146. The fourth-order valence-corrected chi connectivity index (χ4v) is 4.63. The summed E-state index contributed by atoms with van der Waals surface area (Å²) in [5.41, 5.74) is 3.46. The first kappa shape index (κ1) is 21.3. The summed E-state index contributed by atoms with van der Waals surface area (Å²) in [6, 6.07) is 11.8. The number of piperazine rings is 1. The molecule has 5 rings (SSSR count). The number of benzene rings is 2. The van der Waals surface area contributed by atoms with Crippen LogP contribution in [0.15, 0.2) is 48.5 Å². The zero-order chi connectivity index (χ0) is 22.9. The highest BCUT2D eigenvalue weighted by Crippen LogP contribution is 2.28. The Hall–Kier alpha value is -3.55. The van der Waals surface area contributed by atoms with E-state index in [2.05, 4.69) is 5.10 Å². The lowest BCUT2D eigenvalue weighted by Gasteiger charge is -2.34. The van der Waals surface area contributed by atoms with E-state index in [-0.39, 0.29) is 17.6 Å². The summed E-state index contributed by atoms with van der Waals surface area (Å²) in [4.78, 5) is 29.5. The number of halogens is 2. The van der Waals surface area contributed by atoms with Crippen LogP contribution in [0, 0.1) is 11.6 Å². The van der Waals surface area contributed by atoms with E-state index < -0.39 is 5.82 Å². The van der Waals surface area contributed by atoms with Crippen LogP contribution in [0.2, 0.25) is 0 Å². The van der Waals surface area contributed by atoms with Gasteiger partial charge in [0, 0.05) is 43.0 Å². The van der Waals surface area contributed by atoms with E-state index >= 15 is 0 Å². The van der Waals surface area contributed by atoms with Crippen molar-refractivity contribution in [1.82, 2.24) is 19.6 Å². The molecule has 1 fully saturated rings. The molecule has 8 heteroatoms. The van der Waals surface area contributed by atoms with E-state index in [0.29, 0.717) is 37.4 Å². The number of aromatic nitrogens is 2. The Labute approximate surface area is 190 Å². The second-order valence-corrected chi connectivity index (χ2v) is 8.46. The Morgan fingerprint density at radius 2 is 1.45 bits per heavy atom. The quantitative estimate of drug-likeness (QED) is 0.613. The Morgan fingerprint density at radius 1 is 0.788 bits per heavy atom. The van der Waals surface area contributed by atoms with Gasteiger partial charge in [0.25, 0.3) is 11.8 Å². The fourth-order valence-electron chi connectivity index (χ4n) is 4.63. The van der Waals surface area contributed by atoms with Gasteiger partial charge in [0.2, 0.25) is 0 Å². The number of hydrogen-bond acceptors (Lipinski definition) is 3. The van der Waals surface area contributed by atoms with E-state index in [1.807, 2.05) is 0 Å². The third-order valence-corrected chi connectivity index (χ3v) is 6.38. The van der Waals surface area contributed by atoms with Crippen molar-refractivity contribution < 1.29 is 18.4 Å². The van der Waals surface area contributed by atoms with Gasteiger partial charge in [-0.2, -0.15) is 5.10 Å². The summed E-state index contributed by atoms with van der Waals surface area (Å²) in [7, 11) is 0. The van der Waals surface area contributed by atoms with Crippen LogP contribution in [0.25, 0.3) is 5.69 Å². The number of fused-ring (bicyclic) bond motifs is 1. The molecule has 1 aliphatic heterocycles. The molecule has 0 spiro atoms. The molecule has 0 atom stereocenters. The van der Waals surface area contributed by atoms with Crippen LogP contribution in [0.3, 0.4) is 0 Å². The summed E-state index contributed by atoms with van der Waals surface area (Å²) in [6.45, 7) is 1.53. The van der Waals surface area contributed by atoms with Gasteiger partial charge in [0.05, 0.1) is 5.69 Å². The second kappa shape index (κ2) is 8.77. The van der Waals surface area contributed by atoms with Gasteiger partial charge in [-0.3, -0.25) is 9.59 Å². The molecule has 0 bridgehead atoms. The molecule has 0 unspecified atom stereocenters. The standard InChI is InChI=1S/C25H24F2N4O2/c26-18-8-10-20(11-9-18)31-22-7-2-1-6-21(22)23(28-31)25(33)30-14-12-29(13-15-30)24(32)17-4-3-5-19(27)16-17/h3-5,8-11,16H,1-2,6-7,12-15H2.